The summed E-state index contributed by atoms with van der Waals surface area (Å²) in [5.74, 6) is 0.569. The number of nitrogens with zero attached hydrogens (tertiary/aromatic N) is 1. The first-order chi connectivity index (χ1) is 16.6. The zero-order chi connectivity index (χ0) is 23.8. The standard InChI is InChI=1S/C28H25FN2O3/c1-2-20-9-14-24(15-10-20)33-19-28(32)31-30-17-26-25-6-4-3-5-22(25)11-16-27(26)34-18-21-7-12-23(29)13-8-21/h3-17H,2,18-19H2,1H3,(H,31,32)/b30-17-. The van der Waals surface area contributed by atoms with E-state index < -0.39 is 0 Å². The van der Waals surface area contributed by atoms with Crippen LogP contribution >= 0.6 is 0 Å². The number of rotatable bonds is 9. The molecule has 4 aromatic rings. The van der Waals surface area contributed by atoms with E-state index in [-0.39, 0.29) is 24.9 Å². The van der Waals surface area contributed by atoms with Gasteiger partial charge in [0.15, 0.2) is 6.61 Å². The predicted molar refractivity (Wildman–Crippen MR) is 132 cm³/mol. The Balaban J connectivity index is 1.43. The Morgan fingerprint density at radius 3 is 2.41 bits per heavy atom. The van der Waals surface area contributed by atoms with Crippen molar-refractivity contribution in [3.63, 3.8) is 0 Å². The fraction of sp³-hybridized carbons (Fsp3) is 0.143. The molecule has 0 fully saturated rings. The van der Waals surface area contributed by atoms with Crippen LogP contribution in [0.25, 0.3) is 10.8 Å². The summed E-state index contributed by atoms with van der Waals surface area (Å²) in [7, 11) is 0. The van der Waals surface area contributed by atoms with E-state index in [1.165, 1.54) is 17.7 Å². The third-order valence-electron chi connectivity index (χ3n) is 5.32. The Bertz CT molecular complexity index is 1290. The number of benzene rings is 4. The Labute approximate surface area is 197 Å². The molecule has 6 heteroatoms. The SMILES string of the molecule is CCc1ccc(OCC(=O)N/N=C\c2c(OCc3ccc(F)cc3)ccc3ccccc23)cc1. The van der Waals surface area contributed by atoms with Gasteiger partial charge in [0, 0.05) is 5.56 Å². The van der Waals surface area contributed by atoms with Crippen LogP contribution in [-0.4, -0.2) is 18.7 Å². The minimum absolute atomic E-state index is 0.147. The number of carbonyl (C=O) groups is 1. The van der Waals surface area contributed by atoms with Crippen LogP contribution in [-0.2, 0) is 17.8 Å². The van der Waals surface area contributed by atoms with E-state index in [4.69, 9.17) is 9.47 Å². The number of hydrogen-bond acceptors (Lipinski definition) is 4. The van der Waals surface area contributed by atoms with Crippen LogP contribution in [0.5, 0.6) is 11.5 Å². The average molecular weight is 457 g/mol. The minimum Gasteiger partial charge on any atom is -0.488 e. The van der Waals surface area contributed by atoms with Gasteiger partial charge in [-0.1, -0.05) is 61.5 Å². The van der Waals surface area contributed by atoms with E-state index in [1.807, 2.05) is 60.7 Å². The summed E-state index contributed by atoms with van der Waals surface area (Å²) in [4.78, 5) is 12.2. The first kappa shape index (κ1) is 23.0. The van der Waals surface area contributed by atoms with Gasteiger partial charge in [-0.25, -0.2) is 9.82 Å². The van der Waals surface area contributed by atoms with Gasteiger partial charge in [0.05, 0.1) is 6.21 Å². The smallest absolute Gasteiger partial charge is 0.277 e. The maximum absolute atomic E-state index is 13.2. The molecule has 4 rings (SSSR count). The molecule has 0 saturated carbocycles. The van der Waals surface area contributed by atoms with Crippen LogP contribution in [0.4, 0.5) is 4.39 Å². The van der Waals surface area contributed by atoms with Crippen LogP contribution in [0.15, 0.2) is 90.0 Å². The molecule has 0 atom stereocenters. The number of hydrazone groups is 1. The van der Waals surface area contributed by atoms with Crippen LogP contribution in [0, 0.1) is 5.82 Å². The summed E-state index contributed by atoms with van der Waals surface area (Å²) < 4.78 is 24.7. The highest BCUT2D eigenvalue weighted by Gasteiger charge is 2.09. The highest BCUT2D eigenvalue weighted by molar-refractivity contribution is 6.02. The second-order valence-corrected chi connectivity index (χ2v) is 7.69. The molecule has 0 aliphatic heterocycles. The number of hydrogen-bond donors (Lipinski definition) is 1. The Morgan fingerprint density at radius 1 is 0.912 bits per heavy atom. The van der Waals surface area contributed by atoms with E-state index in [0.29, 0.717) is 11.5 Å². The van der Waals surface area contributed by atoms with Crippen molar-refractivity contribution in [2.45, 2.75) is 20.0 Å². The molecular formula is C28H25FN2O3. The number of nitrogens with one attached hydrogen (secondary N) is 1. The highest BCUT2D eigenvalue weighted by Crippen LogP contribution is 2.27. The van der Waals surface area contributed by atoms with E-state index in [2.05, 4.69) is 17.5 Å². The van der Waals surface area contributed by atoms with E-state index in [9.17, 15) is 9.18 Å². The second-order valence-electron chi connectivity index (χ2n) is 7.69. The number of fused-ring (bicyclic) bond motifs is 1. The molecule has 0 aromatic heterocycles. The lowest BCUT2D eigenvalue weighted by molar-refractivity contribution is -0.123. The van der Waals surface area contributed by atoms with Gasteiger partial charge in [-0.15, -0.1) is 0 Å². The van der Waals surface area contributed by atoms with Crippen LogP contribution < -0.4 is 14.9 Å². The van der Waals surface area contributed by atoms with Crippen molar-refractivity contribution in [2.24, 2.45) is 5.10 Å². The molecule has 0 bridgehead atoms. The van der Waals surface area contributed by atoms with Crippen LogP contribution in [0.1, 0.15) is 23.6 Å². The first-order valence-electron chi connectivity index (χ1n) is 11.0. The maximum atomic E-state index is 13.2. The molecule has 0 spiro atoms. The van der Waals surface area contributed by atoms with Crippen LogP contribution in [0.3, 0.4) is 0 Å². The van der Waals surface area contributed by atoms with Crippen molar-refractivity contribution >= 4 is 22.9 Å². The minimum atomic E-state index is -0.371. The molecule has 0 aliphatic rings. The normalized spacial score (nSPS) is 11.0. The summed E-state index contributed by atoms with van der Waals surface area (Å²) in [5, 5.41) is 6.08. The summed E-state index contributed by atoms with van der Waals surface area (Å²) in [6, 6.07) is 25.5. The number of ether oxygens (including phenoxy) is 2. The van der Waals surface area contributed by atoms with Crippen molar-refractivity contribution in [2.75, 3.05) is 6.61 Å². The third kappa shape index (κ3) is 5.98. The van der Waals surface area contributed by atoms with Crippen LogP contribution in [0.2, 0.25) is 0 Å². The number of carbonyl (C=O) groups excluding carboxylic acids is 1. The van der Waals surface area contributed by atoms with Gasteiger partial charge in [0.25, 0.3) is 5.91 Å². The summed E-state index contributed by atoms with van der Waals surface area (Å²) >= 11 is 0. The van der Waals surface area contributed by atoms with E-state index in [0.717, 1.165) is 28.3 Å². The van der Waals surface area contributed by atoms with Crippen molar-refractivity contribution in [3.05, 3.63) is 107 Å². The van der Waals surface area contributed by atoms with Crippen molar-refractivity contribution in [3.8, 4) is 11.5 Å². The number of amides is 1. The van der Waals surface area contributed by atoms with Gasteiger partial charge < -0.3 is 9.47 Å². The number of halogens is 1. The molecule has 0 aliphatic carbocycles. The third-order valence-corrected chi connectivity index (χ3v) is 5.32. The fourth-order valence-corrected chi connectivity index (χ4v) is 3.45. The summed E-state index contributed by atoms with van der Waals surface area (Å²) in [6.07, 6.45) is 2.51. The largest absolute Gasteiger partial charge is 0.488 e. The second kappa shape index (κ2) is 11.1. The van der Waals surface area contributed by atoms with Gasteiger partial charge in [0.1, 0.15) is 23.9 Å². The van der Waals surface area contributed by atoms with Gasteiger partial charge in [-0.2, -0.15) is 5.10 Å². The molecule has 5 nitrogen and oxygen atoms in total. The zero-order valence-electron chi connectivity index (χ0n) is 18.8. The molecule has 4 aromatic carbocycles. The molecule has 0 radical (unpaired) electrons. The highest BCUT2D eigenvalue weighted by atomic mass is 19.1. The fourth-order valence-electron chi connectivity index (χ4n) is 3.45. The van der Waals surface area contributed by atoms with E-state index >= 15 is 0 Å². The van der Waals surface area contributed by atoms with Crippen molar-refractivity contribution in [1.82, 2.24) is 5.43 Å². The summed E-state index contributed by atoms with van der Waals surface area (Å²) in [5.41, 5.74) is 5.28. The first-order valence-corrected chi connectivity index (χ1v) is 11.0. The zero-order valence-corrected chi connectivity index (χ0v) is 18.8. The molecule has 34 heavy (non-hydrogen) atoms. The number of aryl methyl sites for hydroxylation is 1. The van der Waals surface area contributed by atoms with Crippen molar-refractivity contribution < 1.29 is 18.7 Å². The lowest BCUT2D eigenvalue weighted by atomic mass is 10.0. The van der Waals surface area contributed by atoms with Gasteiger partial charge >= 0.3 is 0 Å². The Kier molecular flexibility index (Phi) is 7.50. The van der Waals surface area contributed by atoms with E-state index in [1.54, 1.807) is 18.3 Å². The molecule has 172 valence electrons. The summed E-state index contributed by atoms with van der Waals surface area (Å²) in [6.45, 7) is 2.21. The Hall–Kier alpha value is -4.19. The Morgan fingerprint density at radius 2 is 1.65 bits per heavy atom. The topological polar surface area (TPSA) is 59.9 Å². The van der Waals surface area contributed by atoms with Gasteiger partial charge in [-0.3, -0.25) is 4.79 Å². The molecular weight excluding hydrogens is 431 g/mol. The van der Waals surface area contributed by atoms with Gasteiger partial charge in [0.2, 0.25) is 0 Å². The predicted octanol–water partition coefficient (Wildman–Crippen LogP) is 5.65. The monoisotopic (exact) mass is 456 g/mol. The molecule has 0 unspecified atom stereocenters. The molecule has 1 N–H and O–H groups in total. The van der Waals surface area contributed by atoms with Gasteiger partial charge in [-0.05, 0) is 58.7 Å². The quantitative estimate of drug-likeness (QED) is 0.262. The van der Waals surface area contributed by atoms with Crippen molar-refractivity contribution in [1.29, 1.82) is 0 Å². The average Bonchev–Trinajstić information content (AvgIpc) is 2.88. The maximum Gasteiger partial charge on any atom is 0.277 e. The molecule has 0 heterocycles. The lowest BCUT2D eigenvalue weighted by Crippen LogP contribution is -2.24. The molecule has 0 saturated heterocycles. The molecule has 1 amide bonds. The lowest BCUT2D eigenvalue weighted by Gasteiger charge is -2.12.